The first-order valence-corrected chi connectivity index (χ1v) is 10.6. The Labute approximate surface area is 176 Å². The van der Waals surface area contributed by atoms with Crippen molar-refractivity contribution in [2.45, 2.75) is 6.92 Å². The summed E-state index contributed by atoms with van der Waals surface area (Å²) < 4.78 is 11.6. The van der Waals surface area contributed by atoms with Crippen molar-refractivity contribution in [2.24, 2.45) is 0 Å². The third kappa shape index (κ3) is 3.98. The number of nitrogens with zero attached hydrogens (tertiary/aromatic N) is 4. The van der Waals surface area contributed by atoms with Gasteiger partial charge < -0.3 is 19.7 Å². The fourth-order valence-electron chi connectivity index (χ4n) is 4.12. The van der Waals surface area contributed by atoms with Gasteiger partial charge in [0.15, 0.2) is 0 Å². The molecule has 0 unspecified atom stereocenters. The molecule has 2 aliphatic rings. The van der Waals surface area contributed by atoms with E-state index in [1.807, 2.05) is 31.3 Å². The van der Waals surface area contributed by atoms with Crippen molar-refractivity contribution >= 4 is 22.3 Å². The van der Waals surface area contributed by atoms with Gasteiger partial charge in [-0.05, 0) is 31.2 Å². The Kier molecular flexibility index (Phi) is 5.27. The second kappa shape index (κ2) is 8.36. The van der Waals surface area contributed by atoms with Gasteiger partial charge in [-0.2, -0.15) is 0 Å². The van der Waals surface area contributed by atoms with Crippen molar-refractivity contribution in [1.82, 2.24) is 14.9 Å². The van der Waals surface area contributed by atoms with Crippen LogP contribution < -0.4 is 19.7 Å². The summed E-state index contributed by atoms with van der Waals surface area (Å²) in [7, 11) is 0. The number of aromatic nitrogens is 2. The SMILES string of the molecule is Cc1ncc2c(N3CCN(CCOc4ccc5c(c4)NCCO5)CC3)cccc2n1. The zero-order valence-electron chi connectivity index (χ0n) is 17.3. The van der Waals surface area contributed by atoms with Crippen LogP contribution in [0.4, 0.5) is 11.4 Å². The molecule has 1 saturated heterocycles. The molecule has 2 aliphatic heterocycles. The number of rotatable bonds is 5. The van der Waals surface area contributed by atoms with Gasteiger partial charge in [0.1, 0.15) is 30.5 Å². The highest BCUT2D eigenvalue weighted by molar-refractivity contribution is 5.91. The van der Waals surface area contributed by atoms with Gasteiger partial charge >= 0.3 is 0 Å². The molecule has 2 aromatic carbocycles. The minimum Gasteiger partial charge on any atom is -0.492 e. The molecule has 7 nitrogen and oxygen atoms in total. The molecule has 0 amide bonds. The summed E-state index contributed by atoms with van der Waals surface area (Å²) in [5.41, 5.74) is 3.26. The van der Waals surface area contributed by atoms with E-state index in [0.717, 1.165) is 73.2 Å². The van der Waals surface area contributed by atoms with Crippen molar-refractivity contribution in [3.05, 3.63) is 48.4 Å². The predicted octanol–water partition coefficient (Wildman–Crippen LogP) is 2.94. The van der Waals surface area contributed by atoms with Crippen molar-refractivity contribution < 1.29 is 9.47 Å². The molecule has 0 radical (unpaired) electrons. The zero-order valence-corrected chi connectivity index (χ0v) is 17.3. The quantitative estimate of drug-likeness (QED) is 0.700. The molecule has 3 aromatic rings. The number of hydrogen-bond acceptors (Lipinski definition) is 7. The Balaban J connectivity index is 1.14. The van der Waals surface area contributed by atoms with E-state index in [9.17, 15) is 0 Å². The molecule has 3 heterocycles. The molecule has 0 saturated carbocycles. The average molecular weight is 406 g/mol. The van der Waals surface area contributed by atoms with E-state index in [1.165, 1.54) is 5.69 Å². The third-order valence-electron chi connectivity index (χ3n) is 5.74. The summed E-state index contributed by atoms with van der Waals surface area (Å²) in [6.07, 6.45) is 1.95. The molecular weight excluding hydrogens is 378 g/mol. The third-order valence-corrected chi connectivity index (χ3v) is 5.74. The van der Waals surface area contributed by atoms with Crippen LogP contribution >= 0.6 is 0 Å². The van der Waals surface area contributed by atoms with Crippen LogP contribution in [0.5, 0.6) is 11.5 Å². The van der Waals surface area contributed by atoms with Crippen molar-refractivity contribution in [1.29, 1.82) is 0 Å². The molecule has 0 bridgehead atoms. The molecule has 156 valence electrons. The Bertz CT molecular complexity index is 1030. The standard InChI is InChI=1S/C23H27N5O2/c1-17-25-16-19-20(26-17)3-2-4-22(19)28-10-8-27(9-11-28)12-14-29-18-5-6-23-21(15-18)24-7-13-30-23/h2-6,15-16,24H,7-14H2,1H3. The van der Waals surface area contributed by atoms with Gasteiger partial charge in [0.25, 0.3) is 0 Å². The van der Waals surface area contributed by atoms with Crippen LogP contribution in [0.15, 0.2) is 42.6 Å². The summed E-state index contributed by atoms with van der Waals surface area (Å²) in [5, 5.41) is 4.48. The lowest BCUT2D eigenvalue weighted by Crippen LogP contribution is -2.47. The molecule has 1 fully saturated rings. The fourth-order valence-corrected chi connectivity index (χ4v) is 4.12. The van der Waals surface area contributed by atoms with Gasteiger partial charge in [0.05, 0.1) is 11.2 Å². The first kappa shape index (κ1) is 18.9. The fraction of sp³-hybridized carbons (Fsp3) is 0.391. The van der Waals surface area contributed by atoms with E-state index in [4.69, 9.17) is 9.47 Å². The Morgan fingerprint density at radius 3 is 2.93 bits per heavy atom. The van der Waals surface area contributed by atoms with E-state index < -0.39 is 0 Å². The molecular formula is C23H27N5O2. The van der Waals surface area contributed by atoms with Gasteiger partial charge in [-0.1, -0.05) is 6.07 Å². The Morgan fingerprint density at radius 1 is 1.13 bits per heavy atom. The Hall–Kier alpha value is -3.06. The number of benzene rings is 2. The number of piperazine rings is 1. The monoisotopic (exact) mass is 405 g/mol. The number of hydrogen-bond donors (Lipinski definition) is 1. The molecule has 7 heteroatoms. The lowest BCUT2D eigenvalue weighted by atomic mass is 10.1. The maximum absolute atomic E-state index is 5.99. The van der Waals surface area contributed by atoms with Crippen LogP contribution in [0.3, 0.4) is 0 Å². The van der Waals surface area contributed by atoms with E-state index >= 15 is 0 Å². The van der Waals surface area contributed by atoms with Gasteiger partial charge in [-0.15, -0.1) is 0 Å². The van der Waals surface area contributed by atoms with E-state index in [-0.39, 0.29) is 0 Å². The normalized spacial score (nSPS) is 16.6. The van der Waals surface area contributed by atoms with E-state index in [2.05, 4.69) is 43.3 Å². The average Bonchev–Trinajstić information content (AvgIpc) is 2.79. The molecule has 30 heavy (non-hydrogen) atoms. The van der Waals surface area contributed by atoms with E-state index in [1.54, 1.807) is 0 Å². The van der Waals surface area contributed by atoms with Crippen LogP contribution in [0.2, 0.25) is 0 Å². The molecule has 1 N–H and O–H groups in total. The Morgan fingerprint density at radius 2 is 2.03 bits per heavy atom. The maximum Gasteiger partial charge on any atom is 0.142 e. The predicted molar refractivity (Wildman–Crippen MR) is 119 cm³/mol. The number of ether oxygens (including phenoxy) is 2. The second-order valence-electron chi connectivity index (χ2n) is 7.74. The highest BCUT2D eigenvalue weighted by Gasteiger charge is 2.19. The number of anilines is 2. The van der Waals surface area contributed by atoms with Crippen LogP contribution in [-0.2, 0) is 0 Å². The maximum atomic E-state index is 5.99. The minimum atomic E-state index is 0.682. The van der Waals surface area contributed by atoms with E-state index in [0.29, 0.717) is 13.2 Å². The van der Waals surface area contributed by atoms with Crippen LogP contribution in [0, 0.1) is 6.92 Å². The van der Waals surface area contributed by atoms with Gasteiger partial charge in [0, 0.05) is 62.6 Å². The number of aryl methyl sites for hydroxylation is 1. The molecule has 1 aromatic heterocycles. The van der Waals surface area contributed by atoms with Crippen molar-refractivity contribution in [2.75, 3.05) is 62.7 Å². The smallest absolute Gasteiger partial charge is 0.142 e. The zero-order chi connectivity index (χ0) is 20.3. The molecule has 0 aliphatic carbocycles. The second-order valence-corrected chi connectivity index (χ2v) is 7.74. The van der Waals surface area contributed by atoms with Gasteiger partial charge in [-0.25, -0.2) is 9.97 Å². The summed E-state index contributed by atoms with van der Waals surface area (Å²) in [6, 6.07) is 12.3. The lowest BCUT2D eigenvalue weighted by molar-refractivity contribution is 0.200. The van der Waals surface area contributed by atoms with Crippen molar-refractivity contribution in [3.63, 3.8) is 0 Å². The number of nitrogens with one attached hydrogen (secondary N) is 1. The highest BCUT2D eigenvalue weighted by atomic mass is 16.5. The summed E-state index contributed by atoms with van der Waals surface area (Å²) in [4.78, 5) is 13.9. The summed E-state index contributed by atoms with van der Waals surface area (Å²) in [5.74, 6) is 2.60. The summed E-state index contributed by atoms with van der Waals surface area (Å²) in [6.45, 7) is 9.11. The first-order chi connectivity index (χ1) is 14.8. The molecule has 0 spiro atoms. The minimum absolute atomic E-state index is 0.682. The van der Waals surface area contributed by atoms with Gasteiger partial charge in [-0.3, -0.25) is 4.90 Å². The van der Waals surface area contributed by atoms with Crippen LogP contribution in [0.1, 0.15) is 5.82 Å². The van der Waals surface area contributed by atoms with Gasteiger partial charge in [0.2, 0.25) is 0 Å². The molecule has 0 atom stereocenters. The lowest BCUT2D eigenvalue weighted by Gasteiger charge is -2.36. The topological polar surface area (TPSA) is 62.8 Å². The summed E-state index contributed by atoms with van der Waals surface area (Å²) >= 11 is 0. The van der Waals surface area contributed by atoms with Crippen LogP contribution in [-0.4, -0.2) is 67.4 Å². The van der Waals surface area contributed by atoms with Crippen LogP contribution in [0.25, 0.3) is 10.9 Å². The first-order valence-electron chi connectivity index (χ1n) is 10.6. The molecule has 5 rings (SSSR count). The number of fused-ring (bicyclic) bond motifs is 2. The van der Waals surface area contributed by atoms with Crippen molar-refractivity contribution in [3.8, 4) is 11.5 Å². The largest absolute Gasteiger partial charge is 0.492 e. The highest BCUT2D eigenvalue weighted by Crippen LogP contribution is 2.31.